The zero-order chi connectivity index (χ0) is 16.8. The second-order valence-electron chi connectivity index (χ2n) is 4.71. The summed E-state index contributed by atoms with van der Waals surface area (Å²) < 4.78 is 36.2. The lowest BCUT2D eigenvalue weighted by atomic mass is 10.2. The quantitative estimate of drug-likeness (QED) is 0.820. The predicted octanol–water partition coefficient (Wildman–Crippen LogP) is 3.16. The van der Waals surface area contributed by atoms with E-state index < -0.39 is 12.1 Å². The van der Waals surface area contributed by atoms with E-state index >= 15 is 0 Å². The van der Waals surface area contributed by atoms with Crippen LogP contribution in [0.15, 0.2) is 35.9 Å². The van der Waals surface area contributed by atoms with Gasteiger partial charge in [-0.3, -0.25) is 9.59 Å². The van der Waals surface area contributed by atoms with E-state index in [0.29, 0.717) is 11.3 Å². The van der Waals surface area contributed by atoms with Crippen LogP contribution in [0.5, 0.6) is 0 Å². The molecule has 0 fully saturated rings. The van der Waals surface area contributed by atoms with Gasteiger partial charge in [-0.2, -0.15) is 13.2 Å². The molecule has 1 rings (SSSR count). The second-order valence-corrected chi connectivity index (χ2v) is 4.71. The minimum absolute atomic E-state index is 0.272. The molecule has 120 valence electrons. The summed E-state index contributed by atoms with van der Waals surface area (Å²) >= 11 is 0. The van der Waals surface area contributed by atoms with E-state index in [1.165, 1.54) is 12.1 Å². The van der Waals surface area contributed by atoms with Crippen LogP contribution >= 0.6 is 0 Å². The number of halogens is 3. The van der Waals surface area contributed by atoms with Gasteiger partial charge in [-0.15, -0.1) is 0 Å². The number of nitrogens with one attached hydrogen (secondary N) is 2. The van der Waals surface area contributed by atoms with E-state index in [2.05, 4.69) is 5.32 Å². The first-order valence-electron chi connectivity index (χ1n) is 6.64. The van der Waals surface area contributed by atoms with Crippen LogP contribution in [0.1, 0.15) is 25.8 Å². The Kier molecular flexibility index (Phi) is 6.15. The average Bonchev–Trinajstić information content (AvgIpc) is 2.43. The number of rotatable bonds is 5. The Labute approximate surface area is 126 Å². The van der Waals surface area contributed by atoms with Gasteiger partial charge < -0.3 is 10.6 Å². The molecule has 0 radical (unpaired) electrons. The van der Waals surface area contributed by atoms with Gasteiger partial charge in [-0.1, -0.05) is 24.6 Å². The Morgan fingerprint density at radius 3 is 2.55 bits per heavy atom. The van der Waals surface area contributed by atoms with Crippen molar-refractivity contribution in [1.82, 2.24) is 5.32 Å². The third kappa shape index (κ3) is 5.99. The standard InChI is InChI=1S/C15H17F3N2O2/c1-3-10(2)7-13(21)20-12-6-4-5-11(8-12)9-19-14(22)15(16,17)18/h4-8H,3,9H2,1-2H3,(H,19,22)(H,20,21)/b10-7+. The maximum absolute atomic E-state index is 12.1. The van der Waals surface area contributed by atoms with Gasteiger partial charge in [0, 0.05) is 18.3 Å². The Morgan fingerprint density at radius 1 is 1.27 bits per heavy atom. The number of allylic oxidation sites excluding steroid dienone is 1. The summed E-state index contributed by atoms with van der Waals surface area (Å²) in [6.45, 7) is 3.47. The van der Waals surface area contributed by atoms with Gasteiger partial charge >= 0.3 is 12.1 Å². The monoisotopic (exact) mass is 314 g/mol. The molecule has 0 aliphatic rings. The minimum atomic E-state index is -4.91. The Morgan fingerprint density at radius 2 is 1.95 bits per heavy atom. The second kappa shape index (κ2) is 7.63. The van der Waals surface area contributed by atoms with Gasteiger partial charge in [0.2, 0.25) is 5.91 Å². The molecule has 0 aromatic heterocycles. The van der Waals surface area contributed by atoms with Crippen LogP contribution in [0, 0.1) is 0 Å². The van der Waals surface area contributed by atoms with Gasteiger partial charge in [-0.05, 0) is 31.0 Å². The van der Waals surface area contributed by atoms with Crippen LogP contribution in [0.3, 0.4) is 0 Å². The molecular formula is C15H17F3N2O2. The molecule has 22 heavy (non-hydrogen) atoms. The molecular weight excluding hydrogens is 297 g/mol. The van der Waals surface area contributed by atoms with Crippen LogP contribution in [0.25, 0.3) is 0 Å². The molecule has 0 unspecified atom stereocenters. The summed E-state index contributed by atoms with van der Waals surface area (Å²) in [5.41, 5.74) is 1.81. The Hall–Kier alpha value is -2.31. The summed E-state index contributed by atoms with van der Waals surface area (Å²) in [6.07, 6.45) is -2.71. The van der Waals surface area contributed by atoms with Crippen molar-refractivity contribution in [2.75, 3.05) is 5.32 Å². The number of hydrogen-bond donors (Lipinski definition) is 2. The van der Waals surface area contributed by atoms with Gasteiger partial charge in [0.25, 0.3) is 0 Å². The molecule has 0 heterocycles. The third-order valence-corrected chi connectivity index (χ3v) is 2.84. The average molecular weight is 314 g/mol. The van der Waals surface area contributed by atoms with Crippen LogP contribution in [-0.4, -0.2) is 18.0 Å². The number of carbonyl (C=O) groups is 2. The molecule has 2 amide bonds. The maximum Gasteiger partial charge on any atom is 0.471 e. The summed E-state index contributed by atoms with van der Waals surface area (Å²) in [5, 5.41) is 4.39. The molecule has 0 aliphatic heterocycles. The minimum Gasteiger partial charge on any atom is -0.344 e. The fourth-order valence-corrected chi connectivity index (χ4v) is 1.55. The van der Waals surface area contributed by atoms with E-state index in [1.807, 2.05) is 13.8 Å². The zero-order valence-corrected chi connectivity index (χ0v) is 12.3. The van der Waals surface area contributed by atoms with E-state index in [1.54, 1.807) is 23.5 Å². The number of benzene rings is 1. The van der Waals surface area contributed by atoms with Gasteiger partial charge in [0.05, 0.1) is 0 Å². The molecule has 0 spiro atoms. The first-order valence-corrected chi connectivity index (χ1v) is 6.64. The molecule has 0 saturated heterocycles. The fourth-order valence-electron chi connectivity index (χ4n) is 1.55. The van der Waals surface area contributed by atoms with Crippen molar-refractivity contribution in [1.29, 1.82) is 0 Å². The third-order valence-electron chi connectivity index (χ3n) is 2.84. The molecule has 0 bridgehead atoms. The lowest BCUT2D eigenvalue weighted by molar-refractivity contribution is -0.173. The van der Waals surface area contributed by atoms with Gasteiger partial charge in [-0.25, -0.2) is 0 Å². The van der Waals surface area contributed by atoms with E-state index in [4.69, 9.17) is 0 Å². The molecule has 4 nitrogen and oxygen atoms in total. The van der Waals surface area contributed by atoms with Crippen LogP contribution in [0.2, 0.25) is 0 Å². The van der Waals surface area contributed by atoms with Crippen molar-refractivity contribution in [2.24, 2.45) is 0 Å². The van der Waals surface area contributed by atoms with Crippen molar-refractivity contribution < 1.29 is 22.8 Å². The van der Waals surface area contributed by atoms with Crippen molar-refractivity contribution in [2.45, 2.75) is 33.0 Å². The molecule has 0 saturated carbocycles. The fraction of sp³-hybridized carbons (Fsp3) is 0.333. The summed E-state index contributed by atoms with van der Waals surface area (Å²) in [7, 11) is 0. The highest BCUT2D eigenvalue weighted by Gasteiger charge is 2.38. The summed E-state index contributed by atoms with van der Waals surface area (Å²) in [5.74, 6) is -2.31. The Bertz CT molecular complexity index is 580. The molecule has 2 N–H and O–H groups in total. The molecule has 0 atom stereocenters. The van der Waals surface area contributed by atoms with E-state index in [9.17, 15) is 22.8 Å². The van der Waals surface area contributed by atoms with Gasteiger partial charge in [0.1, 0.15) is 0 Å². The topological polar surface area (TPSA) is 58.2 Å². The van der Waals surface area contributed by atoms with Crippen molar-refractivity contribution in [3.05, 3.63) is 41.5 Å². The smallest absolute Gasteiger partial charge is 0.344 e. The summed E-state index contributed by atoms with van der Waals surface area (Å²) in [4.78, 5) is 22.4. The highest BCUT2D eigenvalue weighted by Crippen LogP contribution is 2.15. The van der Waals surface area contributed by atoms with Crippen molar-refractivity contribution in [3.8, 4) is 0 Å². The predicted molar refractivity (Wildman–Crippen MR) is 77.0 cm³/mol. The number of hydrogen-bond acceptors (Lipinski definition) is 2. The normalized spacial score (nSPS) is 12.0. The first-order chi connectivity index (χ1) is 10.2. The number of alkyl halides is 3. The molecule has 7 heteroatoms. The van der Waals surface area contributed by atoms with Crippen LogP contribution in [-0.2, 0) is 16.1 Å². The molecule has 1 aromatic carbocycles. The summed E-state index contributed by atoms with van der Waals surface area (Å²) in [6, 6.07) is 6.26. The molecule has 0 aliphatic carbocycles. The lowest BCUT2D eigenvalue weighted by Crippen LogP contribution is -2.36. The Balaban J connectivity index is 2.67. The highest BCUT2D eigenvalue weighted by atomic mass is 19.4. The highest BCUT2D eigenvalue weighted by molar-refractivity contribution is 5.99. The largest absolute Gasteiger partial charge is 0.471 e. The molecule has 1 aromatic rings. The number of amides is 2. The van der Waals surface area contributed by atoms with Crippen LogP contribution < -0.4 is 10.6 Å². The SMILES string of the molecule is CC/C(C)=C/C(=O)Nc1cccc(CNC(=O)C(F)(F)F)c1. The van der Waals surface area contributed by atoms with Crippen molar-refractivity contribution in [3.63, 3.8) is 0 Å². The van der Waals surface area contributed by atoms with Crippen LogP contribution in [0.4, 0.5) is 18.9 Å². The number of anilines is 1. The maximum atomic E-state index is 12.1. The van der Waals surface area contributed by atoms with Gasteiger partial charge in [0.15, 0.2) is 0 Å². The van der Waals surface area contributed by atoms with Crippen molar-refractivity contribution >= 4 is 17.5 Å². The first kappa shape index (κ1) is 17.7. The van der Waals surface area contributed by atoms with E-state index in [0.717, 1.165) is 12.0 Å². The zero-order valence-electron chi connectivity index (χ0n) is 12.3. The van der Waals surface area contributed by atoms with E-state index in [-0.39, 0.29) is 12.5 Å². The lowest BCUT2D eigenvalue weighted by Gasteiger charge is -2.09. The number of carbonyl (C=O) groups excluding carboxylic acids is 2.